The highest BCUT2D eigenvalue weighted by Gasteiger charge is 2.20. The fraction of sp³-hybridized carbons (Fsp3) is 0.263. The van der Waals surface area contributed by atoms with Crippen LogP contribution in [0.5, 0.6) is 0 Å². The second kappa shape index (κ2) is 7.95. The summed E-state index contributed by atoms with van der Waals surface area (Å²) in [6.45, 7) is 3.92. The second-order valence-corrected chi connectivity index (χ2v) is 7.00. The van der Waals surface area contributed by atoms with Gasteiger partial charge in [-0.25, -0.2) is 0 Å². The van der Waals surface area contributed by atoms with Crippen molar-refractivity contribution in [2.24, 2.45) is 0 Å². The Labute approximate surface area is 166 Å². The number of nitro groups is 1. The van der Waals surface area contributed by atoms with Crippen LogP contribution >= 0.6 is 11.6 Å². The van der Waals surface area contributed by atoms with E-state index in [9.17, 15) is 10.1 Å². The maximum absolute atomic E-state index is 10.8. The summed E-state index contributed by atoms with van der Waals surface area (Å²) >= 11 is 6.01. The van der Waals surface area contributed by atoms with Crippen molar-refractivity contribution in [3.63, 3.8) is 0 Å². The number of non-ortho nitro benzene ring substituents is 1. The Bertz CT molecular complexity index is 968. The zero-order valence-electron chi connectivity index (χ0n) is 15.0. The van der Waals surface area contributed by atoms with Crippen molar-refractivity contribution in [1.82, 2.24) is 15.0 Å². The Hall–Kier alpha value is -2.97. The van der Waals surface area contributed by atoms with Gasteiger partial charge in [0.1, 0.15) is 0 Å². The standard InChI is InChI=1S/C19H18ClN5O3/c20-15-3-1-2-14(12-15)19-21-18(28-22-19)13-23-8-10-24(11-9-23)16-4-6-17(7-5-16)25(26)27/h1-7,12H,8-11,13H2. The van der Waals surface area contributed by atoms with Crippen LogP contribution in [0.3, 0.4) is 0 Å². The fourth-order valence-electron chi connectivity index (χ4n) is 3.20. The number of piperazine rings is 1. The highest BCUT2D eigenvalue weighted by atomic mass is 35.5. The highest BCUT2D eigenvalue weighted by molar-refractivity contribution is 6.30. The molecule has 3 aromatic rings. The Morgan fingerprint density at radius 3 is 2.54 bits per heavy atom. The van der Waals surface area contributed by atoms with Crippen molar-refractivity contribution in [3.8, 4) is 11.4 Å². The average Bonchev–Trinajstić information content (AvgIpc) is 3.17. The number of hydrogen-bond acceptors (Lipinski definition) is 7. The van der Waals surface area contributed by atoms with Gasteiger partial charge in [-0.3, -0.25) is 15.0 Å². The maximum atomic E-state index is 10.8. The first-order valence-electron chi connectivity index (χ1n) is 8.89. The number of halogens is 1. The van der Waals surface area contributed by atoms with Gasteiger partial charge in [0.15, 0.2) is 0 Å². The Morgan fingerprint density at radius 1 is 1.11 bits per heavy atom. The van der Waals surface area contributed by atoms with Crippen LogP contribution in [0.25, 0.3) is 11.4 Å². The van der Waals surface area contributed by atoms with Gasteiger partial charge in [-0.05, 0) is 24.3 Å². The lowest BCUT2D eigenvalue weighted by Crippen LogP contribution is -2.46. The molecule has 0 unspecified atom stereocenters. The molecule has 0 aliphatic carbocycles. The molecule has 0 N–H and O–H groups in total. The largest absolute Gasteiger partial charge is 0.369 e. The van der Waals surface area contributed by atoms with E-state index < -0.39 is 0 Å². The van der Waals surface area contributed by atoms with Crippen molar-refractivity contribution in [2.45, 2.75) is 6.54 Å². The predicted octanol–water partition coefficient (Wildman–Crippen LogP) is 3.62. The van der Waals surface area contributed by atoms with Gasteiger partial charge >= 0.3 is 0 Å². The van der Waals surface area contributed by atoms with Crippen LogP contribution in [0.2, 0.25) is 5.02 Å². The molecule has 1 aliphatic heterocycles. The summed E-state index contributed by atoms with van der Waals surface area (Å²) in [5, 5.41) is 15.4. The molecule has 1 saturated heterocycles. The molecule has 8 nitrogen and oxygen atoms in total. The van der Waals surface area contributed by atoms with E-state index in [1.54, 1.807) is 24.3 Å². The van der Waals surface area contributed by atoms with Crippen molar-refractivity contribution in [1.29, 1.82) is 0 Å². The Balaban J connectivity index is 1.34. The van der Waals surface area contributed by atoms with Crippen LogP contribution < -0.4 is 4.90 Å². The van der Waals surface area contributed by atoms with Gasteiger partial charge in [0.25, 0.3) is 5.69 Å². The van der Waals surface area contributed by atoms with E-state index in [4.69, 9.17) is 16.1 Å². The molecular weight excluding hydrogens is 382 g/mol. The third-order valence-corrected chi connectivity index (χ3v) is 4.94. The smallest absolute Gasteiger partial charge is 0.269 e. The summed E-state index contributed by atoms with van der Waals surface area (Å²) < 4.78 is 5.39. The number of anilines is 1. The minimum Gasteiger partial charge on any atom is -0.369 e. The van der Waals surface area contributed by atoms with Crippen LogP contribution in [0, 0.1) is 10.1 Å². The van der Waals surface area contributed by atoms with E-state index in [2.05, 4.69) is 19.9 Å². The SMILES string of the molecule is O=[N+]([O-])c1ccc(N2CCN(Cc3nc(-c4cccc(Cl)c4)no3)CC2)cc1. The molecule has 0 saturated carbocycles. The topological polar surface area (TPSA) is 88.5 Å². The lowest BCUT2D eigenvalue weighted by Gasteiger charge is -2.35. The van der Waals surface area contributed by atoms with Gasteiger partial charge in [0.2, 0.25) is 11.7 Å². The fourth-order valence-corrected chi connectivity index (χ4v) is 3.39. The van der Waals surface area contributed by atoms with Gasteiger partial charge < -0.3 is 9.42 Å². The van der Waals surface area contributed by atoms with E-state index in [-0.39, 0.29) is 10.6 Å². The van der Waals surface area contributed by atoms with Gasteiger partial charge in [0.05, 0.1) is 11.5 Å². The van der Waals surface area contributed by atoms with Crippen molar-refractivity contribution < 1.29 is 9.45 Å². The van der Waals surface area contributed by atoms with E-state index in [0.717, 1.165) is 37.4 Å². The zero-order valence-corrected chi connectivity index (χ0v) is 15.7. The van der Waals surface area contributed by atoms with Gasteiger partial charge in [-0.1, -0.05) is 28.9 Å². The molecule has 0 bridgehead atoms. The summed E-state index contributed by atoms with van der Waals surface area (Å²) in [6.07, 6.45) is 0. The molecule has 1 fully saturated rings. The molecule has 2 heterocycles. The first-order valence-corrected chi connectivity index (χ1v) is 9.26. The minimum atomic E-state index is -0.385. The summed E-state index contributed by atoms with van der Waals surface area (Å²) in [5.74, 6) is 1.10. The predicted molar refractivity (Wildman–Crippen MR) is 105 cm³/mol. The van der Waals surface area contributed by atoms with Gasteiger partial charge in [0, 0.05) is 54.6 Å². The van der Waals surface area contributed by atoms with E-state index in [0.29, 0.717) is 23.3 Å². The molecule has 4 rings (SSSR count). The zero-order chi connectivity index (χ0) is 19.5. The van der Waals surface area contributed by atoms with Crippen LogP contribution in [-0.4, -0.2) is 46.1 Å². The molecule has 9 heteroatoms. The molecule has 144 valence electrons. The van der Waals surface area contributed by atoms with Gasteiger partial charge in [-0.15, -0.1) is 0 Å². The molecule has 0 spiro atoms. The van der Waals surface area contributed by atoms with E-state index in [1.165, 1.54) is 12.1 Å². The minimum absolute atomic E-state index is 0.106. The number of benzene rings is 2. The first kappa shape index (κ1) is 18.4. The van der Waals surface area contributed by atoms with Crippen molar-refractivity contribution in [2.75, 3.05) is 31.1 Å². The lowest BCUT2D eigenvalue weighted by atomic mass is 10.2. The third kappa shape index (κ3) is 4.13. The quantitative estimate of drug-likeness (QED) is 0.478. The Morgan fingerprint density at radius 2 is 1.86 bits per heavy atom. The summed E-state index contributed by atoms with van der Waals surface area (Å²) in [5.41, 5.74) is 1.92. The number of rotatable bonds is 5. The van der Waals surface area contributed by atoms with Crippen LogP contribution in [0.1, 0.15) is 5.89 Å². The van der Waals surface area contributed by atoms with Crippen LogP contribution in [-0.2, 0) is 6.54 Å². The number of nitro benzene ring substituents is 1. The van der Waals surface area contributed by atoms with E-state index in [1.807, 2.05) is 12.1 Å². The molecular formula is C19H18ClN5O3. The number of hydrogen-bond donors (Lipinski definition) is 0. The first-order chi connectivity index (χ1) is 13.6. The maximum Gasteiger partial charge on any atom is 0.269 e. The average molecular weight is 400 g/mol. The van der Waals surface area contributed by atoms with E-state index >= 15 is 0 Å². The molecule has 1 aliphatic rings. The molecule has 0 atom stereocenters. The molecule has 0 amide bonds. The highest BCUT2D eigenvalue weighted by Crippen LogP contribution is 2.22. The summed E-state index contributed by atoms with van der Waals surface area (Å²) in [7, 11) is 0. The summed E-state index contributed by atoms with van der Waals surface area (Å²) in [4.78, 5) is 19.3. The molecule has 2 aromatic carbocycles. The monoisotopic (exact) mass is 399 g/mol. The second-order valence-electron chi connectivity index (χ2n) is 6.56. The number of nitrogens with zero attached hydrogens (tertiary/aromatic N) is 5. The molecule has 1 aromatic heterocycles. The van der Waals surface area contributed by atoms with Gasteiger partial charge in [-0.2, -0.15) is 4.98 Å². The third-order valence-electron chi connectivity index (χ3n) is 4.71. The lowest BCUT2D eigenvalue weighted by molar-refractivity contribution is -0.384. The summed E-state index contributed by atoms with van der Waals surface area (Å²) in [6, 6.07) is 14.0. The van der Waals surface area contributed by atoms with Crippen LogP contribution in [0.15, 0.2) is 53.1 Å². The van der Waals surface area contributed by atoms with Crippen molar-refractivity contribution >= 4 is 23.0 Å². The number of aromatic nitrogens is 2. The van der Waals surface area contributed by atoms with Crippen LogP contribution in [0.4, 0.5) is 11.4 Å². The Kier molecular flexibility index (Phi) is 5.23. The normalized spacial score (nSPS) is 15.0. The molecule has 0 radical (unpaired) electrons. The molecule has 28 heavy (non-hydrogen) atoms. The van der Waals surface area contributed by atoms with Crippen molar-refractivity contribution in [3.05, 3.63) is 69.6 Å².